The van der Waals surface area contributed by atoms with Gasteiger partial charge in [0.15, 0.2) is 0 Å². The van der Waals surface area contributed by atoms with Gasteiger partial charge in [0.05, 0.1) is 23.1 Å². The predicted molar refractivity (Wildman–Crippen MR) is 65.5 cm³/mol. The molecule has 84 valence electrons. The van der Waals surface area contributed by atoms with Gasteiger partial charge in [-0.05, 0) is 52.2 Å². The van der Waals surface area contributed by atoms with Crippen LogP contribution in [0.25, 0.3) is 0 Å². The average molecular weight is 291 g/mol. The van der Waals surface area contributed by atoms with Gasteiger partial charge in [-0.3, -0.25) is 0 Å². The normalized spacial score (nSPS) is 21.8. The lowest BCUT2D eigenvalue weighted by atomic mass is 10.2. The van der Waals surface area contributed by atoms with Crippen LogP contribution in [-0.4, -0.2) is 25.9 Å². The SMILES string of the molecule is Brc1cc(CCOC2CCCOC2)cs1. The van der Waals surface area contributed by atoms with Gasteiger partial charge in [0.2, 0.25) is 0 Å². The van der Waals surface area contributed by atoms with Crippen molar-refractivity contribution in [2.75, 3.05) is 19.8 Å². The summed E-state index contributed by atoms with van der Waals surface area (Å²) in [5.74, 6) is 0. The number of hydrogen-bond acceptors (Lipinski definition) is 3. The quantitative estimate of drug-likeness (QED) is 0.848. The summed E-state index contributed by atoms with van der Waals surface area (Å²) in [4.78, 5) is 0. The van der Waals surface area contributed by atoms with E-state index in [2.05, 4.69) is 27.4 Å². The summed E-state index contributed by atoms with van der Waals surface area (Å²) in [7, 11) is 0. The summed E-state index contributed by atoms with van der Waals surface area (Å²) in [5.41, 5.74) is 1.35. The Bertz CT molecular complexity index is 295. The first-order valence-electron chi connectivity index (χ1n) is 5.27. The molecule has 0 N–H and O–H groups in total. The van der Waals surface area contributed by atoms with E-state index in [4.69, 9.17) is 9.47 Å². The maximum atomic E-state index is 5.76. The van der Waals surface area contributed by atoms with E-state index in [0.29, 0.717) is 6.10 Å². The molecule has 0 saturated carbocycles. The number of hydrogen-bond donors (Lipinski definition) is 0. The van der Waals surface area contributed by atoms with E-state index >= 15 is 0 Å². The van der Waals surface area contributed by atoms with Crippen LogP contribution in [0, 0.1) is 0 Å². The fourth-order valence-corrected chi connectivity index (χ4v) is 2.91. The molecular formula is C11H15BrO2S. The molecule has 1 unspecified atom stereocenters. The zero-order valence-electron chi connectivity index (χ0n) is 8.58. The first-order valence-corrected chi connectivity index (χ1v) is 6.94. The third-order valence-electron chi connectivity index (χ3n) is 2.48. The standard InChI is InChI=1S/C11H15BrO2S/c12-11-6-9(8-15-11)3-5-14-10-2-1-4-13-7-10/h6,8,10H,1-5,7H2. The van der Waals surface area contributed by atoms with E-state index in [0.717, 1.165) is 39.1 Å². The Kier molecular flexibility index (Phi) is 4.62. The number of rotatable bonds is 4. The van der Waals surface area contributed by atoms with E-state index in [-0.39, 0.29) is 0 Å². The molecule has 2 nitrogen and oxygen atoms in total. The minimum Gasteiger partial charge on any atom is -0.379 e. The lowest BCUT2D eigenvalue weighted by Gasteiger charge is -2.22. The van der Waals surface area contributed by atoms with Crippen LogP contribution in [-0.2, 0) is 15.9 Å². The molecule has 0 radical (unpaired) electrons. The Morgan fingerprint density at radius 1 is 1.60 bits per heavy atom. The summed E-state index contributed by atoms with van der Waals surface area (Å²) in [5, 5.41) is 2.17. The second-order valence-corrected chi connectivity index (χ2v) is 6.01. The van der Waals surface area contributed by atoms with E-state index in [1.165, 1.54) is 9.35 Å². The Balaban J connectivity index is 1.65. The minimum atomic E-state index is 0.320. The first-order chi connectivity index (χ1) is 7.34. The van der Waals surface area contributed by atoms with E-state index < -0.39 is 0 Å². The Hall–Kier alpha value is 0.1000. The van der Waals surface area contributed by atoms with Crippen LogP contribution in [0.5, 0.6) is 0 Å². The molecule has 15 heavy (non-hydrogen) atoms. The molecule has 0 aliphatic carbocycles. The molecule has 1 atom stereocenters. The number of ether oxygens (including phenoxy) is 2. The zero-order chi connectivity index (χ0) is 10.5. The van der Waals surface area contributed by atoms with Crippen LogP contribution in [0.2, 0.25) is 0 Å². The maximum absolute atomic E-state index is 5.76. The van der Waals surface area contributed by atoms with Crippen molar-refractivity contribution in [2.45, 2.75) is 25.4 Å². The molecule has 1 aromatic rings. The van der Waals surface area contributed by atoms with Crippen molar-refractivity contribution in [3.8, 4) is 0 Å². The third kappa shape index (κ3) is 3.87. The fraction of sp³-hybridized carbons (Fsp3) is 0.636. The van der Waals surface area contributed by atoms with Crippen molar-refractivity contribution in [3.05, 3.63) is 20.8 Å². The van der Waals surface area contributed by atoms with Crippen molar-refractivity contribution < 1.29 is 9.47 Å². The summed E-state index contributed by atoms with van der Waals surface area (Å²) >= 11 is 5.19. The smallest absolute Gasteiger partial charge is 0.0809 e. The van der Waals surface area contributed by atoms with Gasteiger partial charge >= 0.3 is 0 Å². The van der Waals surface area contributed by atoms with Crippen molar-refractivity contribution in [3.63, 3.8) is 0 Å². The van der Waals surface area contributed by atoms with Crippen LogP contribution in [0.15, 0.2) is 15.2 Å². The molecule has 0 aromatic carbocycles. The van der Waals surface area contributed by atoms with Gasteiger partial charge < -0.3 is 9.47 Å². The predicted octanol–water partition coefficient (Wildman–Crippen LogP) is 3.25. The highest BCUT2D eigenvalue weighted by Crippen LogP contribution is 2.21. The zero-order valence-corrected chi connectivity index (χ0v) is 11.0. The average Bonchev–Trinajstić information content (AvgIpc) is 2.66. The molecule has 0 spiro atoms. The van der Waals surface area contributed by atoms with Gasteiger partial charge in [-0.15, -0.1) is 11.3 Å². The molecule has 2 rings (SSSR count). The van der Waals surface area contributed by atoms with Crippen LogP contribution >= 0.6 is 27.3 Å². The van der Waals surface area contributed by atoms with Crippen molar-refractivity contribution in [1.29, 1.82) is 0 Å². The van der Waals surface area contributed by atoms with E-state index in [1.54, 1.807) is 11.3 Å². The number of thiophene rings is 1. The molecule has 0 bridgehead atoms. The topological polar surface area (TPSA) is 18.5 Å². The highest BCUT2D eigenvalue weighted by molar-refractivity contribution is 9.11. The van der Waals surface area contributed by atoms with Gasteiger partial charge in [-0.1, -0.05) is 0 Å². The van der Waals surface area contributed by atoms with Gasteiger partial charge in [0.25, 0.3) is 0 Å². The van der Waals surface area contributed by atoms with E-state index in [9.17, 15) is 0 Å². The van der Waals surface area contributed by atoms with Crippen molar-refractivity contribution >= 4 is 27.3 Å². The van der Waals surface area contributed by atoms with Gasteiger partial charge in [0.1, 0.15) is 0 Å². The Morgan fingerprint density at radius 3 is 3.20 bits per heavy atom. The Labute approximate surface area is 103 Å². The largest absolute Gasteiger partial charge is 0.379 e. The van der Waals surface area contributed by atoms with E-state index in [1.807, 2.05) is 0 Å². The molecule has 4 heteroatoms. The molecule has 1 aliphatic rings. The fourth-order valence-electron chi connectivity index (χ4n) is 1.66. The molecular weight excluding hydrogens is 276 g/mol. The molecule has 1 saturated heterocycles. The van der Waals surface area contributed by atoms with Gasteiger partial charge in [0, 0.05) is 6.61 Å². The summed E-state index contributed by atoms with van der Waals surface area (Å²) < 4.78 is 12.3. The van der Waals surface area contributed by atoms with Crippen LogP contribution < -0.4 is 0 Å². The first kappa shape index (κ1) is 11.6. The summed E-state index contributed by atoms with van der Waals surface area (Å²) in [6.45, 7) is 2.47. The van der Waals surface area contributed by atoms with Crippen LogP contribution in [0.1, 0.15) is 18.4 Å². The molecule has 1 fully saturated rings. The van der Waals surface area contributed by atoms with Gasteiger partial charge in [-0.25, -0.2) is 0 Å². The molecule has 0 amide bonds. The van der Waals surface area contributed by atoms with Crippen molar-refractivity contribution in [1.82, 2.24) is 0 Å². The monoisotopic (exact) mass is 290 g/mol. The highest BCUT2D eigenvalue weighted by atomic mass is 79.9. The lowest BCUT2D eigenvalue weighted by molar-refractivity contribution is -0.0488. The highest BCUT2D eigenvalue weighted by Gasteiger charge is 2.13. The van der Waals surface area contributed by atoms with Crippen molar-refractivity contribution in [2.24, 2.45) is 0 Å². The summed E-state index contributed by atoms with van der Waals surface area (Å²) in [6.07, 6.45) is 3.60. The second-order valence-electron chi connectivity index (χ2n) is 3.72. The summed E-state index contributed by atoms with van der Waals surface area (Å²) in [6, 6.07) is 2.16. The molecule has 2 heterocycles. The third-order valence-corrected chi connectivity index (χ3v) is 4.04. The Morgan fingerprint density at radius 2 is 2.53 bits per heavy atom. The number of halogens is 1. The lowest BCUT2D eigenvalue weighted by Crippen LogP contribution is -2.26. The van der Waals surface area contributed by atoms with Gasteiger partial charge in [-0.2, -0.15) is 0 Å². The minimum absolute atomic E-state index is 0.320. The van der Waals surface area contributed by atoms with Crippen LogP contribution in [0.4, 0.5) is 0 Å². The molecule has 1 aliphatic heterocycles. The maximum Gasteiger partial charge on any atom is 0.0809 e. The van der Waals surface area contributed by atoms with Crippen LogP contribution in [0.3, 0.4) is 0 Å². The molecule has 1 aromatic heterocycles. The second kappa shape index (κ2) is 5.99.